The highest BCUT2D eigenvalue weighted by molar-refractivity contribution is 5.87. The molecule has 110 valence electrons. The molecule has 21 heavy (non-hydrogen) atoms. The molecule has 0 spiro atoms. The maximum atomic E-state index is 11.6. The van der Waals surface area contributed by atoms with Crippen LogP contribution in [0.25, 0.3) is 0 Å². The van der Waals surface area contributed by atoms with Gasteiger partial charge in [-0.2, -0.15) is 0 Å². The van der Waals surface area contributed by atoms with E-state index in [2.05, 4.69) is 25.6 Å². The van der Waals surface area contributed by atoms with E-state index in [1.165, 1.54) is 18.3 Å². The Morgan fingerprint density at radius 1 is 1.33 bits per heavy atom. The Morgan fingerprint density at radius 3 is 2.90 bits per heavy atom. The van der Waals surface area contributed by atoms with Crippen molar-refractivity contribution in [3.05, 3.63) is 47.8 Å². The van der Waals surface area contributed by atoms with Crippen LogP contribution in [0.1, 0.15) is 21.7 Å². The molecule has 4 N–H and O–H groups in total. The van der Waals surface area contributed by atoms with Crippen LogP contribution in [-0.4, -0.2) is 38.6 Å². The molecule has 0 aliphatic heterocycles. The van der Waals surface area contributed by atoms with Crippen LogP contribution in [0.3, 0.4) is 0 Å². The molecule has 2 heterocycles. The summed E-state index contributed by atoms with van der Waals surface area (Å²) in [4.78, 5) is 33.2. The van der Waals surface area contributed by atoms with Crippen LogP contribution in [0.2, 0.25) is 0 Å². The maximum absolute atomic E-state index is 11.6. The zero-order chi connectivity index (χ0) is 15.1. The van der Waals surface area contributed by atoms with Gasteiger partial charge in [0, 0.05) is 31.1 Å². The second-order valence-electron chi connectivity index (χ2n) is 4.28. The molecule has 0 saturated carbocycles. The number of carboxylic acids is 1. The molecule has 0 aromatic carbocycles. The minimum atomic E-state index is -1.03. The quantitative estimate of drug-likeness (QED) is 0.619. The van der Waals surface area contributed by atoms with E-state index >= 15 is 0 Å². The van der Waals surface area contributed by atoms with Crippen LogP contribution < -0.4 is 10.6 Å². The summed E-state index contributed by atoms with van der Waals surface area (Å²) < 4.78 is 0. The van der Waals surface area contributed by atoms with Gasteiger partial charge in [0.15, 0.2) is 0 Å². The number of imidazole rings is 1. The number of carboxylic acid groups (broad SMARTS) is 1. The molecule has 8 heteroatoms. The van der Waals surface area contributed by atoms with Crippen molar-refractivity contribution in [2.45, 2.75) is 13.0 Å². The molecular formula is C13H15N5O3. The molecule has 0 unspecified atom stereocenters. The molecule has 8 nitrogen and oxygen atoms in total. The fourth-order valence-corrected chi connectivity index (χ4v) is 1.67. The number of rotatable bonds is 6. The summed E-state index contributed by atoms with van der Waals surface area (Å²) >= 11 is 0. The fourth-order valence-electron chi connectivity index (χ4n) is 1.67. The van der Waals surface area contributed by atoms with E-state index in [1.807, 2.05) is 0 Å². The van der Waals surface area contributed by atoms with Gasteiger partial charge in [-0.15, -0.1) is 0 Å². The standard InChI is InChI=1S/C13H15N5O3/c19-12(20)9-1-3-15-11(5-9)7-17-13(21)16-4-2-10-6-14-8-18-10/h1,3,5-6,8H,2,4,7H2,(H,14,18)(H,19,20)(H2,16,17,21). The number of aromatic carboxylic acids is 1. The molecule has 2 aromatic rings. The summed E-state index contributed by atoms with van der Waals surface area (Å²) in [6, 6.07) is 2.49. The third kappa shape index (κ3) is 4.60. The lowest BCUT2D eigenvalue weighted by molar-refractivity contribution is 0.0696. The fraction of sp³-hybridized carbons (Fsp3) is 0.231. The Balaban J connectivity index is 1.73. The minimum Gasteiger partial charge on any atom is -0.478 e. The molecule has 0 aliphatic rings. The molecule has 0 bridgehead atoms. The number of amides is 2. The van der Waals surface area contributed by atoms with Gasteiger partial charge >= 0.3 is 12.0 Å². The molecule has 0 fully saturated rings. The number of carbonyl (C=O) groups excluding carboxylic acids is 1. The third-order valence-electron chi connectivity index (χ3n) is 2.73. The van der Waals surface area contributed by atoms with Crippen LogP contribution in [0.15, 0.2) is 30.9 Å². The number of aromatic nitrogens is 3. The van der Waals surface area contributed by atoms with E-state index in [9.17, 15) is 9.59 Å². The second kappa shape index (κ2) is 7.04. The highest BCUT2D eigenvalue weighted by Gasteiger charge is 2.05. The van der Waals surface area contributed by atoms with E-state index in [-0.39, 0.29) is 18.1 Å². The molecule has 2 aromatic heterocycles. The van der Waals surface area contributed by atoms with Crippen molar-refractivity contribution < 1.29 is 14.7 Å². The second-order valence-corrected chi connectivity index (χ2v) is 4.28. The predicted molar refractivity (Wildman–Crippen MR) is 73.7 cm³/mol. The lowest BCUT2D eigenvalue weighted by atomic mass is 10.2. The van der Waals surface area contributed by atoms with Crippen LogP contribution >= 0.6 is 0 Å². The Bertz CT molecular complexity index is 612. The van der Waals surface area contributed by atoms with Crippen LogP contribution in [0, 0.1) is 0 Å². The first kappa shape index (κ1) is 14.5. The molecule has 2 rings (SSSR count). The normalized spacial score (nSPS) is 10.1. The van der Waals surface area contributed by atoms with E-state index in [4.69, 9.17) is 5.11 Å². The number of urea groups is 1. The summed E-state index contributed by atoms with van der Waals surface area (Å²) in [5.74, 6) is -1.03. The number of hydrogen-bond donors (Lipinski definition) is 4. The first-order valence-electron chi connectivity index (χ1n) is 6.32. The smallest absolute Gasteiger partial charge is 0.335 e. The first-order chi connectivity index (χ1) is 10.1. The van der Waals surface area contributed by atoms with E-state index < -0.39 is 5.97 Å². The van der Waals surface area contributed by atoms with Gasteiger partial charge in [0.1, 0.15) is 0 Å². The zero-order valence-electron chi connectivity index (χ0n) is 11.2. The molecule has 0 aliphatic carbocycles. The number of nitrogens with zero attached hydrogens (tertiary/aromatic N) is 2. The topological polar surface area (TPSA) is 120 Å². The summed E-state index contributed by atoms with van der Waals surface area (Å²) in [5.41, 5.74) is 1.56. The number of nitrogens with one attached hydrogen (secondary N) is 3. The maximum Gasteiger partial charge on any atom is 0.335 e. The average Bonchev–Trinajstić information content (AvgIpc) is 2.99. The number of carbonyl (C=O) groups is 2. The summed E-state index contributed by atoms with van der Waals surface area (Å²) in [5, 5.41) is 14.2. The van der Waals surface area contributed by atoms with Gasteiger partial charge in [-0.05, 0) is 12.1 Å². The lowest BCUT2D eigenvalue weighted by Crippen LogP contribution is -2.36. The number of hydrogen-bond acceptors (Lipinski definition) is 4. The van der Waals surface area contributed by atoms with Gasteiger partial charge in [0.2, 0.25) is 0 Å². The number of H-pyrrole nitrogens is 1. The van der Waals surface area contributed by atoms with Crippen molar-refractivity contribution in [3.8, 4) is 0 Å². The van der Waals surface area contributed by atoms with Crippen LogP contribution in [-0.2, 0) is 13.0 Å². The van der Waals surface area contributed by atoms with Gasteiger partial charge in [-0.3, -0.25) is 4.98 Å². The summed E-state index contributed by atoms with van der Waals surface area (Å²) in [6.07, 6.45) is 5.33. The largest absolute Gasteiger partial charge is 0.478 e. The van der Waals surface area contributed by atoms with Gasteiger partial charge in [-0.1, -0.05) is 0 Å². The van der Waals surface area contributed by atoms with Crippen LogP contribution in [0.5, 0.6) is 0 Å². The Hall–Kier alpha value is -2.90. The monoisotopic (exact) mass is 289 g/mol. The van der Waals surface area contributed by atoms with Crippen molar-refractivity contribution in [1.82, 2.24) is 25.6 Å². The highest BCUT2D eigenvalue weighted by atomic mass is 16.4. The van der Waals surface area contributed by atoms with Crippen LogP contribution in [0.4, 0.5) is 4.79 Å². The van der Waals surface area contributed by atoms with Gasteiger partial charge in [0.25, 0.3) is 0 Å². The van der Waals surface area contributed by atoms with E-state index in [1.54, 1.807) is 12.5 Å². The Labute approximate surface area is 120 Å². The first-order valence-corrected chi connectivity index (χ1v) is 6.32. The highest BCUT2D eigenvalue weighted by Crippen LogP contribution is 2.01. The SMILES string of the molecule is O=C(NCCc1cnc[nH]1)NCc1cc(C(=O)O)ccn1. The van der Waals surface area contributed by atoms with Crippen molar-refractivity contribution in [1.29, 1.82) is 0 Å². The van der Waals surface area contributed by atoms with E-state index in [0.717, 1.165) is 5.69 Å². The number of aromatic amines is 1. The van der Waals surface area contributed by atoms with Gasteiger partial charge in [-0.25, -0.2) is 14.6 Å². The molecule has 0 atom stereocenters. The van der Waals surface area contributed by atoms with Crippen molar-refractivity contribution in [3.63, 3.8) is 0 Å². The van der Waals surface area contributed by atoms with Gasteiger partial charge < -0.3 is 20.7 Å². The summed E-state index contributed by atoms with van der Waals surface area (Å²) in [6.45, 7) is 0.633. The third-order valence-corrected chi connectivity index (χ3v) is 2.73. The minimum absolute atomic E-state index is 0.140. The predicted octanol–water partition coefficient (Wildman–Crippen LogP) is 0.545. The van der Waals surface area contributed by atoms with Crippen molar-refractivity contribution in [2.24, 2.45) is 0 Å². The van der Waals surface area contributed by atoms with E-state index in [0.29, 0.717) is 18.7 Å². The Kier molecular flexibility index (Phi) is 4.86. The Morgan fingerprint density at radius 2 is 2.19 bits per heavy atom. The lowest BCUT2D eigenvalue weighted by Gasteiger charge is -2.07. The zero-order valence-corrected chi connectivity index (χ0v) is 11.2. The van der Waals surface area contributed by atoms with Gasteiger partial charge in [0.05, 0.1) is 24.1 Å². The summed E-state index contributed by atoms with van der Waals surface area (Å²) in [7, 11) is 0. The molecule has 0 saturated heterocycles. The average molecular weight is 289 g/mol. The molecule has 0 radical (unpaired) electrons. The molecule has 2 amide bonds. The van der Waals surface area contributed by atoms with Crippen molar-refractivity contribution in [2.75, 3.05) is 6.54 Å². The number of pyridine rings is 1. The van der Waals surface area contributed by atoms with Crippen molar-refractivity contribution >= 4 is 12.0 Å². The molecular weight excluding hydrogens is 274 g/mol.